The van der Waals surface area contributed by atoms with E-state index in [9.17, 15) is 20.2 Å². The van der Waals surface area contributed by atoms with Crippen molar-refractivity contribution in [3.05, 3.63) is 43.5 Å². The summed E-state index contributed by atoms with van der Waals surface area (Å²) < 4.78 is 0. The van der Waals surface area contributed by atoms with Gasteiger partial charge in [0.15, 0.2) is 0 Å². The number of hydrogen-bond donors (Lipinski definition) is 0. The topological polar surface area (TPSA) is 92.8 Å². The van der Waals surface area contributed by atoms with E-state index in [2.05, 4.69) is 0 Å². The lowest BCUT2D eigenvalue weighted by Gasteiger charge is -2.22. The van der Waals surface area contributed by atoms with E-state index >= 15 is 0 Å². The number of benzene rings is 2. The van der Waals surface area contributed by atoms with Crippen molar-refractivity contribution in [1.29, 1.82) is 0 Å². The Morgan fingerprint density at radius 1 is 0.792 bits per heavy atom. The van der Waals surface area contributed by atoms with E-state index in [1.54, 1.807) is 50.1 Å². The second-order valence-electron chi connectivity index (χ2n) is 6.36. The molecule has 126 valence electrons. The molecule has 24 heavy (non-hydrogen) atoms. The molecule has 0 bridgehead atoms. The molecule has 3 rings (SSSR count). The minimum absolute atomic E-state index is 0.0149. The van der Waals surface area contributed by atoms with Gasteiger partial charge in [0.25, 0.3) is 11.4 Å². The molecule has 0 saturated heterocycles. The molecular weight excluding hydrogens is 312 g/mol. The van der Waals surface area contributed by atoms with E-state index in [1.807, 2.05) is 0 Å². The average Bonchev–Trinajstić information content (AvgIpc) is 2.89. The lowest BCUT2D eigenvalue weighted by molar-refractivity contribution is -0.384. The highest BCUT2D eigenvalue weighted by Crippen LogP contribution is 2.49. The van der Waals surface area contributed by atoms with Crippen LogP contribution in [0.3, 0.4) is 0 Å². The molecule has 1 aliphatic carbocycles. The Morgan fingerprint density at radius 3 is 1.46 bits per heavy atom. The summed E-state index contributed by atoms with van der Waals surface area (Å²) in [5, 5.41) is 24.7. The quantitative estimate of drug-likeness (QED) is 0.632. The monoisotopic (exact) mass is 330 g/mol. The molecule has 0 saturated carbocycles. The molecule has 0 N–H and O–H groups in total. The Hall–Kier alpha value is -2.90. The molecule has 2 aromatic rings. The van der Waals surface area contributed by atoms with E-state index in [-0.39, 0.29) is 11.4 Å². The van der Waals surface area contributed by atoms with Crippen LogP contribution in [0.5, 0.6) is 0 Å². The van der Waals surface area contributed by atoms with Gasteiger partial charge in [0, 0.05) is 45.7 Å². The molecule has 0 atom stereocenters. The summed E-state index contributed by atoms with van der Waals surface area (Å²) in [5.74, 6) is 0. The largest absolute Gasteiger partial charge is 0.372 e. The van der Waals surface area contributed by atoms with Crippen LogP contribution in [0.4, 0.5) is 22.7 Å². The molecular formula is C16H18N4O4. The third-order valence-electron chi connectivity index (χ3n) is 4.42. The number of anilines is 2. The predicted molar refractivity (Wildman–Crippen MR) is 93.3 cm³/mol. The zero-order chi connectivity index (χ0) is 17.8. The van der Waals surface area contributed by atoms with E-state index in [1.165, 1.54) is 0 Å². The van der Waals surface area contributed by atoms with Gasteiger partial charge in [-0.1, -0.05) is 0 Å². The Balaban J connectivity index is 2.62. The third kappa shape index (κ3) is 2.14. The number of nitrogens with zero attached hydrogens (tertiary/aromatic N) is 4. The number of rotatable bonds is 4. The van der Waals surface area contributed by atoms with Gasteiger partial charge in [-0.3, -0.25) is 20.2 Å². The van der Waals surface area contributed by atoms with Gasteiger partial charge in [0.05, 0.1) is 9.85 Å². The molecule has 8 nitrogen and oxygen atoms in total. The summed E-state index contributed by atoms with van der Waals surface area (Å²) in [6.07, 6.45) is 1.32. The van der Waals surface area contributed by atoms with Crippen molar-refractivity contribution in [2.75, 3.05) is 38.0 Å². The number of nitro groups is 2. The fourth-order valence-electron chi connectivity index (χ4n) is 3.59. The second kappa shape index (κ2) is 5.33. The van der Waals surface area contributed by atoms with Crippen LogP contribution in [-0.4, -0.2) is 38.0 Å². The van der Waals surface area contributed by atoms with E-state index < -0.39 is 9.85 Å². The zero-order valence-electron chi connectivity index (χ0n) is 14.0. The van der Waals surface area contributed by atoms with E-state index in [4.69, 9.17) is 0 Å². The molecule has 0 fully saturated rings. The average molecular weight is 330 g/mol. The first-order valence-corrected chi connectivity index (χ1v) is 7.53. The summed E-state index contributed by atoms with van der Waals surface area (Å²) in [6, 6.07) is 3.22. The fourth-order valence-corrected chi connectivity index (χ4v) is 3.59. The SMILES string of the molecule is CN(C)c1c([N+](=O)[O-])cc2c3c(cc([N+](=O)[O-])c(N(C)C)c13)CC2. The normalized spacial score (nSPS) is 12.5. The highest BCUT2D eigenvalue weighted by molar-refractivity contribution is 6.13. The van der Waals surface area contributed by atoms with Crippen LogP contribution < -0.4 is 9.80 Å². The van der Waals surface area contributed by atoms with Crippen LogP contribution in [0.25, 0.3) is 10.8 Å². The van der Waals surface area contributed by atoms with Crippen LogP contribution in [0.1, 0.15) is 11.1 Å². The van der Waals surface area contributed by atoms with Gasteiger partial charge in [-0.2, -0.15) is 0 Å². The molecule has 0 aliphatic heterocycles. The molecule has 0 amide bonds. The number of nitro benzene ring substituents is 2. The van der Waals surface area contributed by atoms with Gasteiger partial charge in [0.1, 0.15) is 11.4 Å². The Morgan fingerprint density at radius 2 is 1.17 bits per heavy atom. The minimum Gasteiger partial charge on any atom is -0.372 e. The van der Waals surface area contributed by atoms with Gasteiger partial charge in [0.2, 0.25) is 0 Å². The van der Waals surface area contributed by atoms with Crippen molar-refractivity contribution in [2.24, 2.45) is 0 Å². The van der Waals surface area contributed by atoms with Crippen LogP contribution in [-0.2, 0) is 12.8 Å². The van der Waals surface area contributed by atoms with Crippen molar-refractivity contribution < 1.29 is 9.85 Å². The highest BCUT2D eigenvalue weighted by Gasteiger charge is 2.32. The van der Waals surface area contributed by atoms with Crippen molar-refractivity contribution in [1.82, 2.24) is 0 Å². The van der Waals surface area contributed by atoms with Crippen molar-refractivity contribution in [2.45, 2.75) is 12.8 Å². The maximum absolute atomic E-state index is 11.6. The molecule has 2 aromatic carbocycles. The Labute approximate surface area is 138 Å². The molecule has 1 aliphatic rings. The first-order chi connectivity index (χ1) is 11.2. The van der Waals surface area contributed by atoms with Crippen LogP contribution >= 0.6 is 0 Å². The molecule has 0 unspecified atom stereocenters. The molecule has 0 aromatic heterocycles. The van der Waals surface area contributed by atoms with Crippen molar-refractivity contribution >= 4 is 33.5 Å². The van der Waals surface area contributed by atoms with E-state index in [0.29, 0.717) is 29.6 Å². The first-order valence-electron chi connectivity index (χ1n) is 7.53. The summed E-state index contributed by atoms with van der Waals surface area (Å²) in [4.78, 5) is 25.7. The summed E-state index contributed by atoms with van der Waals surface area (Å²) in [5.41, 5.74) is 2.56. The fraction of sp³-hybridized carbons (Fsp3) is 0.375. The lowest BCUT2D eigenvalue weighted by Crippen LogP contribution is -2.16. The van der Waals surface area contributed by atoms with Crippen LogP contribution in [0.15, 0.2) is 12.1 Å². The predicted octanol–water partition coefficient (Wildman–Crippen LogP) is 2.89. The molecule has 0 radical (unpaired) electrons. The maximum atomic E-state index is 11.6. The maximum Gasteiger partial charge on any atom is 0.293 e. The van der Waals surface area contributed by atoms with Crippen molar-refractivity contribution in [3.8, 4) is 0 Å². The van der Waals surface area contributed by atoms with E-state index in [0.717, 1.165) is 16.5 Å². The van der Waals surface area contributed by atoms with Gasteiger partial charge < -0.3 is 9.80 Å². The smallest absolute Gasteiger partial charge is 0.293 e. The second-order valence-corrected chi connectivity index (χ2v) is 6.36. The highest BCUT2D eigenvalue weighted by atomic mass is 16.6. The van der Waals surface area contributed by atoms with Gasteiger partial charge in [-0.05, 0) is 29.4 Å². The van der Waals surface area contributed by atoms with Crippen LogP contribution in [0, 0.1) is 20.2 Å². The minimum atomic E-state index is -0.415. The third-order valence-corrected chi connectivity index (χ3v) is 4.42. The summed E-state index contributed by atoms with van der Waals surface area (Å²) in [6.45, 7) is 0. The zero-order valence-corrected chi connectivity index (χ0v) is 14.0. The molecule has 0 heterocycles. The first kappa shape index (κ1) is 16.0. The number of hydrogen-bond acceptors (Lipinski definition) is 6. The summed E-state index contributed by atoms with van der Waals surface area (Å²) in [7, 11) is 6.88. The standard InChI is InChI=1S/C16H18N4O4/c1-17(2)15-11(19(21)22)7-9-5-6-10-8-12(20(23)24)16(18(3)4)14(15)13(9)10/h7-8H,5-6H2,1-4H3. The Bertz CT molecular complexity index is 821. The Kier molecular flexibility index (Phi) is 3.55. The molecule has 8 heteroatoms. The lowest BCUT2D eigenvalue weighted by atomic mass is 9.98. The number of aryl methyl sites for hydroxylation is 2. The van der Waals surface area contributed by atoms with Crippen LogP contribution in [0.2, 0.25) is 0 Å². The van der Waals surface area contributed by atoms with Crippen molar-refractivity contribution in [3.63, 3.8) is 0 Å². The van der Waals surface area contributed by atoms with Gasteiger partial charge >= 0.3 is 0 Å². The van der Waals surface area contributed by atoms with Gasteiger partial charge in [-0.25, -0.2) is 0 Å². The summed E-state index contributed by atoms with van der Waals surface area (Å²) >= 11 is 0. The molecule has 0 spiro atoms. The van der Waals surface area contributed by atoms with Gasteiger partial charge in [-0.15, -0.1) is 0 Å².